The number of pyridine rings is 1. The molecule has 23 heavy (non-hydrogen) atoms. The third-order valence-electron chi connectivity index (χ3n) is 3.66. The zero-order valence-corrected chi connectivity index (χ0v) is 12.2. The molecule has 0 aromatic carbocycles. The molecule has 0 bridgehead atoms. The average Bonchev–Trinajstić information content (AvgIpc) is 3.29. The van der Waals surface area contributed by atoms with Crippen molar-refractivity contribution in [2.45, 2.75) is 5.92 Å². The van der Waals surface area contributed by atoms with Gasteiger partial charge in [0, 0.05) is 12.7 Å². The maximum atomic E-state index is 5.55. The van der Waals surface area contributed by atoms with E-state index in [1.807, 2.05) is 36.4 Å². The van der Waals surface area contributed by atoms with Crippen molar-refractivity contribution >= 4 is 16.9 Å². The molecule has 4 rings (SSSR count). The van der Waals surface area contributed by atoms with Gasteiger partial charge in [-0.3, -0.25) is 0 Å². The minimum atomic E-state index is -0.0401. The van der Waals surface area contributed by atoms with Crippen LogP contribution in [0.3, 0.4) is 0 Å². The van der Waals surface area contributed by atoms with Crippen LogP contribution in [0.5, 0.6) is 0 Å². The Morgan fingerprint density at radius 3 is 2.39 bits per heavy atom. The molecular formula is C17H14N4O2. The van der Waals surface area contributed by atoms with Crippen LogP contribution in [0.4, 0.5) is 5.82 Å². The van der Waals surface area contributed by atoms with E-state index in [1.54, 1.807) is 18.7 Å². The highest BCUT2D eigenvalue weighted by molar-refractivity contribution is 5.85. The predicted octanol–water partition coefficient (Wildman–Crippen LogP) is 3.45. The summed E-state index contributed by atoms with van der Waals surface area (Å²) in [6, 6.07) is 11.4. The van der Waals surface area contributed by atoms with Crippen molar-refractivity contribution in [1.82, 2.24) is 15.0 Å². The summed E-state index contributed by atoms with van der Waals surface area (Å²) in [4.78, 5) is 12.7. The van der Waals surface area contributed by atoms with Gasteiger partial charge in [0.15, 0.2) is 5.65 Å². The fraction of sp³-hybridized carbons (Fsp3) is 0.118. The van der Waals surface area contributed by atoms with Crippen LogP contribution in [-0.2, 0) is 0 Å². The first-order valence-electron chi connectivity index (χ1n) is 7.28. The fourth-order valence-electron chi connectivity index (χ4n) is 2.56. The van der Waals surface area contributed by atoms with Gasteiger partial charge in [-0.1, -0.05) is 0 Å². The second kappa shape index (κ2) is 5.92. The van der Waals surface area contributed by atoms with Gasteiger partial charge in [0.25, 0.3) is 0 Å². The molecule has 0 aliphatic heterocycles. The van der Waals surface area contributed by atoms with Crippen molar-refractivity contribution in [3.8, 4) is 0 Å². The van der Waals surface area contributed by atoms with Crippen LogP contribution in [0.1, 0.15) is 17.4 Å². The molecule has 1 N–H and O–H groups in total. The Labute approximate surface area is 132 Å². The molecule has 0 unspecified atom stereocenters. The predicted molar refractivity (Wildman–Crippen MR) is 85.1 cm³/mol. The van der Waals surface area contributed by atoms with Crippen LogP contribution in [0, 0.1) is 0 Å². The lowest BCUT2D eigenvalue weighted by Gasteiger charge is -2.14. The molecule has 0 amide bonds. The molecule has 0 radical (unpaired) electrons. The Morgan fingerprint density at radius 2 is 1.70 bits per heavy atom. The normalized spacial score (nSPS) is 11.2. The smallest absolute Gasteiger partial charge is 0.164 e. The maximum absolute atomic E-state index is 5.55. The van der Waals surface area contributed by atoms with E-state index in [4.69, 9.17) is 8.83 Å². The minimum absolute atomic E-state index is 0.0401. The molecule has 0 saturated heterocycles. The van der Waals surface area contributed by atoms with Crippen molar-refractivity contribution in [3.05, 3.63) is 73.0 Å². The molecule has 6 nitrogen and oxygen atoms in total. The number of fused-ring (bicyclic) bond motifs is 1. The molecule has 0 fully saturated rings. The summed E-state index contributed by atoms with van der Waals surface area (Å²) in [5, 5.41) is 4.24. The van der Waals surface area contributed by atoms with E-state index in [2.05, 4.69) is 20.3 Å². The van der Waals surface area contributed by atoms with Crippen molar-refractivity contribution in [1.29, 1.82) is 0 Å². The van der Waals surface area contributed by atoms with Crippen LogP contribution < -0.4 is 5.32 Å². The van der Waals surface area contributed by atoms with E-state index in [-0.39, 0.29) is 5.92 Å². The van der Waals surface area contributed by atoms with Crippen molar-refractivity contribution < 1.29 is 8.83 Å². The van der Waals surface area contributed by atoms with Gasteiger partial charge in [-0.05, 0) is 36.4 Å². The Kier molecular flexibility index (Phi) is 3.48. The summed E-state index contributed by atoms with van der Waals surface area (Å²) >= 11 is 0. The number of nitrogens with zero attached hydrogens (tertiary/aromatic N) is 3. The van der Waals surface area contributed by atoms with Crippen LogP contribution in [-0.4, -0.2) is 21.5 Å². The highest BCUT2D eigenvalue weighted by Crippen LogP contribution is 2.26. The topological polar surface area (TPSA) is 77.0 Å². The van der Waals surface area contributed by atoms with Gasteiger partial charge >= 0.3 is 0 Å². The quantitative estimate of drug-likeness (QED) is 0.608. The van der Waals surface area contributed by atoms with E-state index >= 15 is 0 Å². The van der Waals surface area contributed by atoms with Crippen molar-refractivity contribution in [2.75, 3.05) is 11.9 Å². The summed E-state index contributed by atoms with van der Waals surface area (Å²) in [7, 11) is 0. The molecule has 6 heteroatoms. The number of hydrogen-bond acceptors (Lipinski definition) is 6. The van der Waals surface area contributed by atoms with Crippen LogP contribution in [0.2, 0.25) is 0 Å². The second-order valence-corrected chi connectivity index (χ2v) is 5.06. The first-order chi connectivity index (χ1) is 11.4. The SMILES string of the molecule is c1coc(C(CNc2ncnc3ncccc23)c2ccco2)c1. The number of anilines is 1. The van der Waals surface area contributed by atoms with Crippen molar-refractivity contribution in [2.24, 2.45) is 0 Å². The second-order valence-electron chi connectivity index (χ2n) is 5.06. The zero-order valence-electron chi connectivity index (χ0n) is 12.2. The molecule has 0 atom stereocenters. The van der Waals surface area contributed by atoms with Crippen LogP contribution >= 0.6 is 0 Å². The van der Waals surface area contributed by atoms with Crippen molar-refractivity contribution in [3.63, 3.8) is 0 Å². The molecule has 0 spiro atoms. The van der Waals surface area contributed by atoms with E-state index < -0.39 is 0 Å². The average molecular weight is 306 g/mol. The third kappa shape index (κ3) is 2.66. The molecule has 0 saturated carbocycles. The molecule has 4 heterocycles. The van der Waals surface area contributed by atoms with Gasteiger partial charge in [0.05, 0.1) is 23.8 Å². The molecule has 0 aliphatic rings. The summed E-state index contributed by atoms with van der Waals surface area (Å²) in [5.41, 5.74) is 0.664. The van der Waals surface area contributed by atoms with Gasteiger partial charge in [-0.2, -0.15) is 0 Å². The standard InChI is InChI=1S/C17H14N4O2/c1-4-12-16(18-7-1)20-11-21-17(12)19-10-13(14-5-2-8-22-14)15-6-3-9-23-15/h1-9,11,13H,10H2,(H,18,19,20,21). The van der Waals surface area contributed by atoms with Crippen LogP contribution in [0.15, 0.2) is 70.3 Å². The molecule has 114 valence electrons. The van der Waals surface area contributed by atoms with Gasteiger partial charge in [0.2, 0.25) is 0 Å². The third-order valence-corrected chi connectivity index (χ3v) is 3.66. The molecular weight excluding hydrogens is 292 g/mol. The highest BCUT2D eigenvalue weighted by Gasteiger charge is 2.20. The number of rotatable bonds is 5. The Balaban J connectivity index is 1.63. The van der Waals surface area contributed by atoms with E-state index in [1.165, 1.54) is 6.33 Å². The minimum Gasteiger partial charge on any atom is -0.469 e. The van der Waals surface area contributed by atoms with E-state index in [0.717, 1.165) is 22.7 Å². The van der Waals surface area contributed by atoms with Gasteiger partial charge in [0.1, 0.15) is 23.7 Å². The number of aromatic nitrogens is 3. The first kappa shape index (κ1) is 13.5. The lowest BCUT2D eigenvalue weighted by atomic mass is 10.0. The zero-order chi connectivity index (χ0) is 15.5. The van der Waals surface area contributed by atoms with Gasteiger partial charge < -0.3 is 14.2 Å². The largest absolute Gasteiger partial charge is 0.469 e. The lowest BCUT2D eigenvalue weighted by Crippen LogP contribution is -2.14. The highest BCUT2D eigenvalue weighted by atomic mass is 16.3. The number of nitrogens with one attached hydrogen (secondary N) is 1. The van der Waals surface area contributed by atoms with Gasteiger partial charge in [-0.15, -0.1) is 0 Å². The number of hydrogen-bond donors (Lipinski definition) is 1. The van der Waals surface area contributed by atoms with E-state index in [0.29, 0.717) is 12.2 Å². The monoisotopic (exact) mass is 306 g/mol. The first-order valence-corrected chi connectivity index (χ1v) is 7.28. The lowest BCUT2D eigenvalue weighted by molar-refractivity contribution is 0.433. The molecule has 4 aromatic heterocycles. The summed E-state index contributed by atoms with van der Waals surface area (Å²) < 4.78 is 11.1. The summed E-state index contributed by atoms with van der Waals surface area (Å²) in [6.45, 7) is 0.585. The Hall–Kier alpha value is -3.15. The Bertz CT molecular complexity index is 849. The summed E-state index contributed by atoms with van der Waals surface area (Å²) in [5.74, 6) is 2.38. The molecule has 0 aliphatic carbocycles. The Morgan fingerprint density at radius 1 is 0.913 bits per heavy atom. The summed E-state index contributed by atoms with van der Waals surface area (Å²) in [6.07, 6.45) is 6.55. The maximum Gasteiger partial charge on any atom is 0.164 e. The van der Waals surface area contributed by atoms with E-state index in [9.17, 15) is 0 Å². The van der Waals surface area contributed by atoms with Crippen LogP contribution in [0.25, 0.3) is 11.0 Å². The number of furan rings is 2. The van der Waals surface area contributed by atoms with Gasteiger partial charge in [-0.25, -0.2) is 15.0 Å². The fourth-order valence-corrected chi connectivity index (χ4v) is 2.56. The molecule has 4 aromatic rings.